The molecule has 2 aromatic rings. The van der Waals surface area contributed by atoms with Gasteiger partial charge in [-0.15, -0.1) is 0 Å². The van der Waals surface area contributed by atoms with Crippen molar-refractivity contribution in [1.29, 1.82) is 0 Å². The summed E-state index contributed by atoms with van der Waals surface area (Å²) in [5, 5.41) is 5.17. The highest BCUT2D eigenvalue weighted by Crippen LogP contribution is 2.29. The third kappa shape index (κ3) is 11.4. The fraction of sp³-hybridized carbons (Fsp3) is 0.571. The van der Waals surface area contributed by atoms with E-state index in [0.29, 0.717) is 35.2 Å². The van der Waals surface area contributed by atoms with Crippen LogP contribution in [-0.2, 0) is 16.6 Å². The molecule has 0 aliphatic carbocycles. The number of hydrogen-bond acceptors (Lipinski definition) is 7. The van der Waals surface area contributed by atoms with Gasteiger partial charge in [0.25, 0.3) is 0 Å². The SMILES string of the molecule is CCC=CCC=CCC=CCCCCCCCCOc1c2ncnc(SCC(=O)OCC)c2nn1C. The van der Waals surface area contributed by atoms with Gasteiger partial charge >= 0.3 is 5.97 Å². The van der Waals surface area contributed by atoms with Gasteiger partial charge in [-0.1, -0.05) is 80.8 Å². The number of rotatable bonds is 19. The molecule has 0 atom stereocenters. The molecular formula is C28H42N4O3S. The van der Waals surface area contributed by atoms with Crippen LogP contribution in [0.4, 0.5) is 0 Å². The lowest BCUT2D eigenvalue weighted by atomic mass is 10.1. The fourth-order valence-corrected chi connectivity index (χ4v) is 4.36. The Balaban J connectivity index is 1.59. The molecule has 2 rings (SSSR count). The van der Waals surface area contributed by atoms with Crippen LogP contribution in [-0.4, -0.2) is 44.7 Å². The van der Waals surface area contributed by atoms with Crippen molar-refractivity contribution in [2.24, 2.45) is 7.05 Å². The summed E-state index contributed by atoms with van der Waals surface area (Å²) in [7, 11) is 1.84. The second kappa shape index (κ2) is 18.6. The Morgan fingerprint density at radius 1 is 0.917 bits per heavy atom. The summed E-state index contributed by atoms with van der Waals surface area (Å²) in [4.78, 5) is 20.3. The van der Waals surface area contributed by atoms with Gasteiger partial charge in [0.2, 0.25) is 5.88 Å². The minimum absolute atomic E-state index is 0.192. The molecule has 0 saturated carbocycles. The number of aromatic nitrogens is 4. The Kier molecular flexibility index (Phi) is 15.3. The van der Waals surface area contributed by atoms with Crippen LogP contribution in [0.2, 0.25) is 0 Å². The van der Waals surface area contributed by atoms with E-state index < -0.39 is 0 Å². The van der Waals surface area contributed by atoms with Crippen molar-refractivity contribution in [3.8, 4) is 5.88 Å². The Morgan fingerprint density at radius 2 is 1.61 bits per heavy atom. The quantitative estimate of drug-likeness (QED) is 0.0657. The van der Waals surface area contributed by atoms with Gasteiger partial charge in [0.1, 0.15) is 16.9 Å². The molecule has 198 valence electrons. The van der Waals surface area contributed by atoms with E-state index in [1.807, 2.05) is 7.05 Å². The van der Waals surface area contributed by atoms with E-state index >= 15 is 0 Å². The van der Waals surface area contributed by atoms with E-state index in [4.69, 9.17) is 9.47 Å². The van der Waals surface area contributed by atoms with Gasteiger partial charge in [-0.2, -0.15) is 5.10 Å². The summed E-state index contributed by atoms with van der Waals surface area (Å²) in [6.45, 7) is 4.95. The molecule has 0 N–H and O–H groups in total. The maximum absolute atomic E-state index is 11.7. The van der Waals surface area contributed by atoms with Gasteiger partial charge in [0, 0.05) is 7.05 Å². The van der Waals surface area contributed by atoms with Crippen LogP contribution in [0.3, 0.4) is 0 Å². The number of unbranched alkanes of at least 4 members (excludes halogenated alkanes) is 6. The van der Waals surface area contributed by atoms with Crippen LogP contribution in [0.1, 0.15) is 78.1 Å². The van der Waals surface area contributed by atoms with Crippen molar-refractivity contribution < 1.29 is 14.3 Å². The average molecular weight is 515 g/mol. The molecule has 0 fully saturated rings. The molecule has 36 heavy (non-hydrogen) atoms. The normalized spacial score (nSPS) is 12.0. The summed E-state index contributed by atoms with van der Waals surface area (Å²) < 4.78 is 12.7. The van der Waals surface area contributed by atoms with Crippen LogP contribution >= 0.6 is 11.8 Å². The van der Waals surface area contributed by atoms with Crippen molar-refractivity contribution >= 4 is 28.8 Å². The number of hydrogen-bond donors (Lipinski definition) is 0. The minimum Gasteiger partial charge on any atom is -0.476 e. The summed E-state index contributed by atoms with van der Waals surface area (Å²) in [6, 6.07) is 0. The first kappa shape index (κ1) is 29.6. The summed E-state index contributed by atoms with van der Waals surface area (Å²) in [5.41, 5.74) is 1.33. The number of allylic oxidation sites excluding steroid dienone is 6. The van der Waals surface area contributed by atoms with Crippen LogP contribution in [0, 0.1) is 0 Å². The van der Waals surface area contributed by atoms with Crippen LogP contribution < -0.4 is 4.74 Å². The maximum atomic E-state index is 11.7. The van der Waals surface area contributed by atoms with E-state index in [1.54, 1.807) is 11.6 Å². The molecule has 0 spiro atoms. The van der Waals surface area contributed by atoms with Gasteiger partial charge < -0.3 is 9.47 Å². The second-order valence-electron chi connectivity index (χ2n) is 8.45. The molecule has 0 aromatic carbocycles. The maximum Gasteiger partial charge on any atom is 0.316 e. The molecule has 8 heteroatoms. The Bertz CT molecular complexity index is 985. The van der Waals surface area contributed by atoms with E-state index in [9.17, 15) is 4.79 Å². The fourth-order valence-electron chi connectivity index (χ4n) is 3.62. The van der Waals surface area contributed by atoms with E-state index in [2.05, 4.69) is 58.4 Å². The first-order chi connectivity index (χ1) is 17.7. The zero-order valence-corrected chi connectivity index (χ0v) is 23.0. The number of carbonyl (C=O) groups is 1. The zero-order chi connectivity index (χ0) is 25.8. The van der Waals surface area contributed by atoms with Crippen molar-refractivity contribution in [3.63, 3.8) is 0 Å². The van der Waals surface area contributed by atoms with Gasteiger partial charge in [0.15, 0.2) is 5.52 Å². The number of thioether (sulfide) groups is 1. The Labute approximate surface area is 220 Å². The number of fused-ring (bicyclic) bond motifs is 1. The molecule has 0 saturated heterocycles. The van der Waals surface area contributed by atoms with Crippen LogP contribution in [0.5, 0.6) is 5.88 Å². The summed E-state index contributed by atoms with van der Waals surface area (Å²) >= 11 is 1.30. The smallest absolute Gasteiger partial charge is 0.316 e. The standard InChI is InChI=1S/C28H42N4O3S/c1-4-6-7-8-9-10-11-12-13-14-15-16-17-18-19-20-21-35-28-26-25(31-32(28)3)27(30-23-29-26)36-22-24(33)34-5-2/h6-7,9-10,12-13,23H,4-5,8,11,14-22H2,1-3H3. The molecule has 0 unspecified atom stereocenters. The molecule has 0 aliphatic rings. The predicted molar refractivity (Wildman–Crippen MR) is 148 cm³/mol. The average Bonchev–Trinajstić information content (AvgIpc) is 3.20. The van der Waals surface area contributed by atoms with Crippen LogP contribution in [0.25, 0.3) is 11.0 Å². The lowest BCUT2D eigenvalue weighted by molar-refractivity contribution is -0.139. The summed E-state index contributed by atoms with van der Waals surface area (Å²) in [6.07, 6.45) is 26.5. The lowest BCUT2D eigenvalue weighted by Gasteiger charge is -2.06. The minimum atomic E-state index is -0.267. The number of esters is 1. The van der Waals surface area contributed by atoms with Gasteiger partial charge in [-0.05, 0) is 45.4 Å². The first-order valence-electron chi connectivity index (χ1n) is 13.2. The number of ether oxygens (including phenoxy) is 2. The first-order valence-corrected chi connectivity index (χ1v) is 14.2. The highest BCUT2D eigenvalue weighted by atomic mass is 32.2. The Morgan fingerprint density at radius 3 is 2.36 bits per heavy atom. The molecule has 0 bridgehead atoms. The van der Waals surface area contributed by atoms with Gasteiger partial charge in [-0.25, -0.2) is 14.6 Å². The van der Waals surface area contributed by atoms with Gasteiger partial charge in [0.05, 0.1) is 19.0 Å². The summed E-state index contributed by atoms with van der Waals surface area (Å²) in [5.74, 6) is 0.568. The molecule has 2 aromatic heterocycles. The van der Waals surface area contributed by atoms with E-state index in [-0.39, 0.29) is 11.7 Å². The van der Waals surface area contributed by atoms with Gasteiger partial charge in [-0.3, -0.25) is 4.79 Å². The molecular weight excluding hydrogens is 472 g/mol. The topological polar surface area (TPSA) is 79.1 Å². The highest BCUT2D eigenvalue weighted by Gasteiger charge is 2.17. The van der Waals surface area contributed by atoms with Crippen molar-refractivity contribution in [3.05, 3.63) is 42.8 Å². The number of carbonyl (C=O) groups excluding carboxylic acids is 1. The highest BCUT2D eigenvalue weighted by molar-refractivity contribution is 8.00. The molecule has 0 amide bonds. The molecule has 0 aliphatic heterocycles. The van der Waals surface area contributed by atoms with E-state index in [0.717, 1.165) is 32.1 Å². The second-order valence-corrected chi connectivity index (χ2v) is 9.41. The number of aryl methyl sites for hydroxylation is 1. The predicted octanol–water partition coefficient (Wildman–Crippen LogP) is 6.99. The van der Waals surface area contributed by atoms with Crippen LogP contribution in [0.15, 0.2) is 47.8 Å². The molecule has 2 heterocycles. The molecule has 7 nitrogen and oxygen atoms in total. The third-order valence-corrected chi connectivity index (χ3v) is 6.40. The molecule has 0 radical (unpaired) electrons. The van der Waals surface area contributed by atoms with Crippen molar-refractivity contribution in [2.45, 2.75) is 83.1 Å². The van der Waals surface area contributed by atoms with Crippen molar-refractivity contribution in [1.82, 2.24) is 19.7 Å². The lowest BCUT2D eigenvalue weighted by Crippen LogP contribution is -2.06. The zero-order valence-electron chi connectivity index (χ0n) is 22.2. The van der Waals surface area contributed by atoms with E-state index in [1.165, 1.54) is 50.2 Å². The monoisotopic (exact) mass is 514 g/mol. The third-order valence-electron chi connectivity index (χ3n) is 5.45. The largest absolute Gasteiger partial charge is 0.476 e. The number of nitrogens with zero attached hydrogens (tertiary/aromatic N) is 4. The Hall–Kier alpha value is -2.61. The van der Waals surface area contributed by atoms with Crippen molar-refractivity contribution in [2.75, 3.05) is 19.0 Å².